The minimum absolute atomic E-state index is 0.0694. The molecule has 0 saturated heterocycles. The molecule has 0 bridgehead atoms. The average Bonchev–Trinajstić information content (AvgIpc) is 3.19. The lowest BCUT2D eigenvalue weighted by Gasteiger charge is -2.17. The van der Waals surface area contributed by atoms with E-state index >= 15 is 0 Å². The molecule has 2 N–H and O–H groups in total. The van der Waals surface area contributed by atoms with Crippen molar-refractivity contribution in [3.63, 3.8) is 0 Å². The molecule has 0 aromatic carbocycles. The van der Waals surface area contributed by atoms with Crippen LogP contribution < -0.4 is 10.6 Å². The van der Waals surface area contributed by atoms with Crippen LogP contribution in [0.5, 0.6) is 0 Å². The fourth-order valence-electron chi connectivity index (χ4n) is 2.55. The summed E-state index contributed by atoms with van der Waals surface area (Å²) < 4.78 is 3.58. The summed E-state index contributed by atoms with van der Waals surface area (Å²) in [5.74, 6) is 1.40. The Bertz CT molecular complexity index is 850. The van der Waals surface area contributed by atoms with Gasteiger partial charge in [-0.1, -0.05) is 0 Å². The van der Waals surface area contributed by atoms with Crippen molar-refractivity contribution < 1.29 is 0 Å². The molecule has 0 aliphatic heterocycles. The van der Waals surface area contributed by atoms with Gasteiger partial charge in [0.15, 0.2) is 0 Å². The fraction of sp³-hybridized carbons (Fsp3) is 0.412. The molecule has 0 radical (unpaired) electrons. The second kappa shape index (κ2) is 6.92. The maximum Gasteiger partial charge on any atom is 0.225 e. The maximum atomic E-state index is 4.63. The van der Waals surface area contributed by atoms with Gasteiger partial charge in [-0.25, -0.2) is 4.98 Å². The van der Waals surface area contributed by atoms with E-state index in [0.717, 1.165) is 22.5 Å². The van der Waals surface area contributed by atoms with E-state index in [1.807, 2.05) is 52.0 Å². The van der Waals surface area contributed by atoms with Gasteiger partial charge in [0, 0.05) is 49.4 Å². The van der Waals surface area contributed by atoms with Gasteiger partial charge in [0.1, 0.15) is 5.82 Å². The molecule has 0 aliphatic rings. The number of nitrogens with zero attached hydrogens (tertiary/aromatic N) is 6. The van der Waals surface area contributed by atoms with Crippen LogP contribution in [0.3, 0.4) is 0 Å². The van der Waals surface area contributed by atoms with Gasteiger partial charge in [-0.05, 0) is 20.8 Å². The van der Waals surface area contributed by atoms with Crippen molar-refractivity contribution in [3.8, 4) is 0 Å². The fourth-order valence-corrected chi connectivity index (χ4v) is 2.55. The average molecular weight is 340 g/mol. The zero-order chi connectivity index (χ0) is 18.0. The van der Waals surface area contributed by atoms with Gasteiger partial charge >= 0.3 is 0 Å². The molecule has 3 rings (SSSR count). The Hall–Kier alpha value is -2.90. The summed E-state index contributed by atoms with van der Waals surface area (Å²) in [6, 6.07) is 0.172. The summed E-state index contributed by atoms with van der Waals surface area (Å²) in [4.78, 5) is 9.02. The predicted molar refractivity (Wildman–Crippen MR) is 97.3 cm³/mol. The summed E-state index contributed by atoms with van der Waals surface area (Å²) in [5, 5.41) is 15.2. The number of aromatic nitrogens is 6. The topological polar surface area (TPSA) is 85.5 Å². The highest BCUT2D eigenvalue weighted by molar-refractivity contribution is 5.48. The Morgan fingerprint density at radius 3 is 1.96 bits per heavy atom. The van der Waals surface area contributed by atoms with E-state index in [-0.39, 0.29) is 12.1 Å². The lowest BCUT2D eigenvalue weighted by atomic mass is 10.2. The first kappa shape index (κ1) is 16.9. The third kappa shape index (κ3) is 3.96. The quantitative estimate of drug-likeness (QED) is 0.717. The molecule has 8 heteroatoms. The van der Waals surface area contributed by atoms with Crippen LogP contribution in [0.15, 0.2) is 31.0 Å². The molecule has 3 aromatic heterocycles. The van der Waals surface area contributed by atoms with Gasteiger partial charge < -0.3 is 10.6 Å². The van der Waals surface area contributed by atoms with Gasteiger partial charge in [0.2, 0.25) is 5.95 Å². The molecule has 8 nitrogen and oxygen atoms in total. The van der Waals surface area contributed by atoms with E-state index in [2.05, 4.69) is 44.6 Å². The van der Waals surface area contributed by atoms with Crippen LogP contribution in [0.25, 0.3) is 0 Å². The number of aryl methyl sites for hydroxylation is 3. The van der Waals surface area contributed by atoms with Crippen LogP contribution in [0, 0.1) is 6.92 Å². The molecule has 0 saturated carbocycles. The number of hydrogen-bond acceptors (Lipinski definition) is 6. The van der Waals surface area contributed by atoms with Gasteiger partial charge in [-0.15, -0.1) is 0 Å². The van der Waals surface area contributed by atoms with E-state index in [4.69, 9.17) is 0 Å². The summed E-state index contributed by atoms with van der Waals surface area (Å²) in [6.45, 7) is 6.14. The Morgan fingerprint density at radius 1 is 0.880 bits per heavy atom. The molecule has 0 aliphatic carbocycles. The summed E-state index contributed by atoms with van der Waals surface area (Å²) >= 11 is 0. The standard InChI is InChI=1S/C17H24N8/c1-11-6-18-17(22-13(3)15-8-20-25(5)10-15)23-16(11)21-12(2)14-7-19-24(4)9-14/h6-10,12-13H,1-5H3,(H2,18,21,22,23). The van der Waals surface area contributed by atoms with Crippen LogP contribution in [0.2, 0.25) is 0 Å². The molecule has 2 unspecified atom stereocenters. The predicted octanol–water partition coefficient (Wildman–Crippen LogP) is 2.60. The Morgan fingerprint density at radius 2 is 1.44 bits per heavy atom. The first-order chi connectivity index (χ1) is 11.9. The van der Waals surface area contributed by atoms with Crippen LogP contribution in [-0.4, -0.2) is 29.5 Å². The van der Waals surface area contributed by atoms with Crippen molar-refractivity contribution in [1.82, 2.24) is 29.5 Å². The minimum Gasteiger partial charge on any atom is -0.363 e. The van der Waals surface area contributed by atoms with Crippen molar-refractivity contribution in [2.24, 2.45) is 14.1 Å². The zero-order valence-corrected chi connectivity index (χ0v) is 15.2. The highest BCUT2D eigenvalue weighted by atomic mass is 15.3. The van der Waals surface area contributed by atoms with Gasteiger partial charge in [-0.3, -0.25) is 9.36 Å². The summed E-state index contributed by atoms with van der Waals surface area (Å²) in [7, 11) is 3.81. The van der Waals surface area contributed by atoms with Crippen molar-refractivity contribution in [2.75, 3.05) is 10.6 Å². The molecule has 0 fully saturated rings. The third-order valence-corrected chi connectivity index (χ3v) is 4.12. The lowest BCUT2D eigenvalue weighted by molar-refractivity contribution is 0.764. The van der Waals surface area contributed by atoms with E-state index in [9.17, 15) is 0 Å². The minimum atomic E-state index is 0.0694. The van der Waals surface area contributed by atoms with E-state index in [1.165, 1.54) is 0 Å². The largest absolute Gasteiger partial charge is 0.363 e. The molecule has 3 heterocycles. The molecule has 0 spiro atoms. The van der Waals surface area contributed by atoms with Crippen molar-refractivity contribution in [2.45, 2.75) is 32.9 Å². The summed E-state index contributed by atoms with van der Waals surface area (Å²) in [5.41, 5.74) is 3.19. The third-order valence-electron chi connectivity index (χ3n) is 4.12. The molecule has 2 atom stereocenters. The highest BCUT2D eigenvalue weighted by Crippen LogP contribution is 2.22. The molecule has 132 valence electrons. The van der Waals surface area contributed by atoms with Gasteiger partial charge in [0.05, 0.1) is 24.5 Å². The number of anilines is 2. The maximum absolute atomic E-state index is 4.63. The SMILES string of the molecule is Cc1cnc(NC(C)c2cnn(C)c2)nc1NC(C)c1cnn(C)c1. The normalized spacial score (nSPS) is 13.5. The second-order valence-corrected chi connectivity index (χ2v) is 6.35. The number of rotatable bonds is 6. The van der Waals surface area contributed by atoms with Crippen LogP contribution >= 0.6 is 0 Å². The smallest absolute Gasteiger partial charge is 0.225 e. The van der Waals surface area contributed by atoms with Gasteiger partial charge in [-0.2, -0.15) is 15.2 Å². The Balaban J connectivity index is 1.73. The van der Waals surface area contributed by atoms with Crippen molar-refractivity contribution >= 4 is 11.8 Å². The van der Waals surface area contributed by atoms with Crippen molar-refractivity contribution in [3.05, 3.63) is 47.7 Å². The van der Waals surface area contributed by atoms with E-state index < -0.39 is 0 Å². The van der Waals surface area contributed by atoms with Crippen LogP contribution in [0.1, 0.15) is 42.6 Å². The molecule has 25 heavy (non-hydrogen) atoms. The van der Waals surface area contributed by atoms with Crippen molar-refractivity contribution in [1.29, 1.82) is 0 Å². The number of hydrogen-bond donors (Lipinski definition) is 2. The van der Waals surface area contributed by atoms with Crippen LogP contribution in [0.4, 0.5) is 11.8 Å². The molecule has 3 aromatic rings. The molecule has 0 amide bonds. The number of nitrogens with one attached hydrogen (secondary N) is 2. The second-order valence-electron chi connectivity index (χ2n) is 6.35. The monoisotopic (exact) mass is 340 g/mol. The van der Waals surface area contributed by atoms with E-state index in [1.54, 1.807) is 9.36 Å². The zero-order valence-electron chi connectivity index (χ0n) is 15.2. The Kier molecular flexibility index (Phi) is 4.69. The first-order valence-electron chi connectivity index (χ1n) is 8.26. The summed E-state index contributed by atoms with van der Waals surface area (Å²) in [6.07, 6.45) is 9.50. The Labute approximate surface area is 147 Å². The van der Waals surface area contributed by atoms with E-state index in [0.29, 0.717) is 5.95 Å². The highest BCUT2D eigenvalue weighted by Gasteiger charge is 2.13. The van der Waals surface area contributed by atoms with Gasteiger partial charge in [0.25, 0.3) is 0 Å². The first-order valence-corrected chi connectivity index (χ1v) is 8.26. The molecular formula is C17H24N8. The lowest BCUT2D eigenvalue weighted by Crippen LogP contribution is -2.13. The van der Waals surface area contributed by atoms with Crippen LogP contribution in [-0.2, 0) is 14.1 Å². The molecular weight excluding hydrogens is 316 g/mol.